The Kier molecular flexibility index (Phi) is 2.60. The van der Waals surface area contributed by atoms with Crippen LogP contribution in [0.1, 0.15) is 0 Å². The van der Waals surface area contributed by atoms with E-state index >= 15 is 0 Å². The highest BCUT2D eigenvalue weighted by molar-refractivity contribution is 6.04. The molecule has 0 unspecified atom stereocenters. The molecule has 0 radical (unpaired) electrons. The number of hydrogen-bond donors (Lipinski definition) is 1. The SMILES string of the molecule is CN[C@@H]1CN(c2ccc(OC)cc2)C1=O. The number of nitrogens with zero attached hydrogens (tertiary/aromatic N) is 1. The van der Waals surface area contributed by atoms with Crippen molar-refractivity contribution < 1.29 is 9.53 Å². The molecule has 2 rings (SSSR count). The maximum Gasteiger partial charge on any atom is 0.246 e. The third kappa shape index (κ3) is 1.68. The van der Waals surface area contributed by atoms with Crippen molar-refractivity contribution in [3.8, 4) is 5.75 Å². The van der Waals surface area contributed by atoms with Crippen LogP contribution in [0.4, 0.5) is 5.69 Å². The van der Waals surface area contributed by atoms with Crippen molar-refractivity contribution in [2.24, 2.45) is 0 Å². The maximum atomic E-state index is 11.6. The monoisotopic (exact) mass is 206 g/mol. The quantitative estimate of drug-likeness (QED) is 0.737. The number of amides is 1. The number of carbonyl (C=O) groups excluding carboxylic acids is 1. The van der Waals surface area contributed by atoms with Crippen LogP contribution < -0.4 is 15.0 Å². The van der Waals surface area contributed by atoms with Gasteiger partial charge in [-0.05, 0) is 31.3 Å². The van der Waals surface area contributed by atoms with Gasteiger partial charge in [0.2, 0.25) is 5.91 Å². The lowest BCUT2D eigenvalue weighted by atomic mass is 10.1. The molecule has 1 saturated heterocycles. The first-order valence-corrected chi connectivity index (χ1v) is 4.89. The minimum absolute atomic E-state index is 0.0212. The number of ether oxygens (including phenoxy) is 1. The summed E-state index contributed by atoms with van der Waals surface area (Å²) in [6.45, 7) is 0.738. The summed E-state index contributed by atoms with van der Waals surface area (Å²) in [5, 5.41) is 2.96. The van der Waals surface area contributed by atoms with Gasteiger partial charge in [-0.2, -0.15) is 0 Å². The first kappa shape index (κ1) is 9.98. The molecule has 0 aromatic heterocycles. The molecular formula is C11H14N2O2. The van der Waals surface area contributed by atoms with Gasteiger partial charge in [-0.25, -0.2) is 0 Å². The molecular weight excluding hydrogens is 192 g/mol. The average molecular weight is 206 g/mol. The minimum Gasteiger partial charge on any atom is -0.497 e. The standard InChI is InChI=1S/C11H14N2O2/c1-12-10-7-13(11(10)14)8-3-5-9(15-2)6-4-8/h3-6,10,12H,7H2,1-2H3/t10-/m1/s1. The summed E-state index contributed by atoms with van der Waals surface area (Å²) in [4.78, 5) is 13.3. The zero-order valence-electron chi connectivity index (χ0n) is 8.86. The van der Waals surface area contributed by atoms with Gasteiger partial charge in [0.05, 0.1) is 13.7 Å². The van der Waals surface area contributed by atoms with Gasteiger partial charge in [0, 0.05) is 5.69 Å². The fourth-order valence-electron chi connectivity index (χ4n) is 1.64. The topological polar surface area (TPSA) is 41.6 Å². The fraction of sp³-hybridized carbons (Fsp3) is 0.364. The van der Waals surface area contributed by atoms with Crippen LogP contribution in [0, 0.1) is 0 Å². The summed E-state index contributed by atoms with van der Waals surface area (Å²) >= 11 is 0. The highest BCUT2D eigenvalue weighted by Crippen LogP contribution is 2.24. The van der Waals surface area contributed by atoms with Crippen LogP contribution in [0.2, 0.25) is 0 Å². The van der Waals surface area contributed by atoms with Gasteiger partial charge in [0.25, 0.3) is 0 Å². The van der Waals surface area contributed by atoms with Gasteiger partial charge in [-0.3, -0.25) is 4.79 Å². The first-order chi connectivity index (χ1) is 7.26. The Hall–Kier alpha value is -1.55. The molecule has 1 fully saturated rings. The number of nitrogens with one attached hydrogen (secondary N) is 1. The fourth-order valence-corrected chi connectivity index (χ4v) is 1.64. The molecule has 1 heterocycles. The van der Waals surface area contributed by atoms with Crippen LogP contribution in [0.15, 0.2) is 24.3 Å². The molecule has 80 valence electrons. The minimum atomic E-state index is -0.0212. The van der Waals surface area contributed by atoms with E-state index in [1.165, 1.54) is 0 Å². The second kappa shape index (κ2) is 3.90. The molecule has 0 bridgehead atoms. The normalized spacial score (nSPS) is 20.0. The molecule has 0 saturated carbocycles. The van der Waals surface area contributed by atoms with Crippen LogP contribution in [0.3, 0.4) is 0 Å². The van der Waals surface area contributed by atoms with Crippen molar-refractivity contribution >= 4 is 11.6 Å². The number of β-lactam (4-membered cyclic amide) rings is 1. The van der Waals surface area contributed by atoms with Crippen molar-refractivity contribution in [2.75, 3.05) is 25.6 Å². The zero-order chi connectivity index (χ0) is 10.8. The van der Waals surface area contributed by atoms with Crippen molar-refractivity contribution in [3.05, 3.63) is 24.3 Å². The van der Waals surface area contributed by atoms with Crippen molar-refractivity contribution in [1.29, 1.82) is 0 Å². The summed E-state index contributed by atoms with van der Waals surface area (Å²) in [5.74, 6) is 0.930. The Morgan fingerprint density at radius 2 is 2.07 bits per heavy atom. The molecule has 1 atom stereocenters. The lowest BCUT2D eigenvalue weighted by Crippen LogP contribution is -2.62. The van der Waals surface area contributed by atoms with E-state index in [0.29, 0.717) is 0 Å². The van der Waals surface area contributed by atoms with Gasteiger partial charge in [-0.1, -0.05) is 0 Å². The van der Waals surface area contributed by atoms with E-state index in [-0.39, 0.29) is 11.9 Å². The predicted octanol–water partition coefficient (Wildman–Crippen LogP) is 0.630. The highest BCUT2D eigenvalue weighted by atomic mass is 16.5. The summed E-state index contributed by atoms with van der Waals surface area (Å²) in [6.07, 6.45) is 0. The van der Waals surface area contributed by atoms with E-state index in [4.69, 9.17) is 4.74 Å². The number of hydrogen-bond acceptors (Lipinski definition) is 3. The van der Waals surface area contributed by atoms with E-state index in [2.05, 4.69) is 5.32 Å². The third-order valence-electron chi connectivity index (χ3n) is 2.66. The number of anilines is 1. The summed E-state index contributed by atoms with van der Waals surface area (Å²) in [7, 11) is 3.43. The molecule has 0 aliphatic carbocycles. The molecule has 4 nitrogen and oxygen atoms in total. The highest BCUT2D eigenvalue weighted by Gasteiger charge is 2.36. The van der Waals surface area contributed by atoms with Crippen LogP contribution >= 0.6 is 0 Å². The Balaban J connectivity index is 2.09. The van der Waals surface area contributed by atoms with Gasteiger partial charge < -0.3 is 15.0 Å². The molecule has 1 aromatic carbocycles. The number of benzene rings is 1. The number of rotatable bonds is 3. The summed E-state index contributed by atoms with van der Waals surface area (Å²) in [6, 6.07) is 7.47. The molecule has 0 spiro atoms. The number of carbonyl (C=O) groups is 1. The van der Waals surface area contributed by atoms with Gasteiger partial charge >= 0.3 is 0 Å². The molecule has 1 aliphatic rings. The van der Waals surface area contributed by atoms with Crippen molar-refractivity contribution in [1.82, 2.24) is 5.32 Å². The van der Waals surface area contributed by atoms with E-state index in [0.717, 1.165) is 18.0 Å². The molecule has 15 heavy (non-hydrogen) atoms. The predicted molar refractivity (Wildman–Crippen MR) is 58.2 cm³/mol. The molecule has 1 aliphatic heterocycles. The lowest BCUT2D eigenvalue weighted by molar-refractivity contribution is -0.124. The Bertz CT molecular complexity index is 361. The molecule has 1 amide bonds. The second-order valence-corrected chi connectivity index (χ2v) is 3.49. The van der Waals surface area contributed by atoms with E-state index in [9.17, 15) is 4.79 Å². The van der Waals surface area contributed by atoms with Crippen LogP contribution in [-0.4, -0.2) is 32.7 Å². The van der Waals surface area contributed by atoms with Crippen molar-refractivity contribution in [3.63, 3.8) is 0 Å². The van der Waals surface area contributed by atoms with Crippen LogP contribution in [-0.2, 0) is 4.79 Å². The van der Waals surface area contributed by atoms with Gasteiger partial charge in [0.15, 0.2) is 0 Å². The Labute approximate surface area is 88.8 Å². The number of likely N-dealkylation sites (N-methyl/N-ethyl adjacent to an activating group) is 1. The maximum absolute atomic E-state index is 11.6. The largest absolute Gasteiger partial charge is 0.497 e. The smallest absolute Gasteiger partial charge is 0.246 e. The van der Waals surface area contributed by atoms with E-state index < -0.39 is 0 Å². The van der Waals surface area contributed by atoms with E-state index in [1.807, 2.05) is 24.3 Å². The summed E-state index contributed by atoms with van der Waals surface area (Å²) < 4.78 is 5.05. The van der Waals surface area contributed by atoms with Crippen molar-refractivity contribution in [2.45, 2.75) is 6.04 Å². The Morgan fingerprint density at radius 1 is 1.40 bits per heavy atom. The summed E-state index contributed by atoms with van der Waals surface area (Å²) in [5.41, 5.74) is 0.923. The first-order valence-electron chi connectivity index (χ1n) is 4.89. The lowest BCUT2D eigenvalue weighted by Gasteiger charge is -2.38. The molecule has 1 N–H and O–H groups in total. The average Bonchev–Trinajstić information content (AvgIpc) is 2.28. The van der Waals surface area contributed by atoms with Crippen LogP contribution in [0.5, 0.6) is 5.75 Å². The Morgan fingerprint density at radius 3 is 2.53 bits per heavy atom. The molecule has 4 heteroatoms. The van der Waals surface area contributed by atoms with Gasteiger partial charge in [0.1, 0.15) is 11.8 Å². The zero-order valence-corrected chi connectivity index (χ0v) is 8.86. The van der Waals surface area contributed by atoms with E-state index in [1.54, 1.807) is 19.1 Å². The van der Waals surface area contributed by atoms with Crippen LogP contribution in [0.25, 0.3) is 0 Å². The van der Waals surface area contributed by atoms with Gasteiger partial charge in [-0.15, -0.1) is 0 Å². The second-order valence-electron chi connectivity index (χ2n) is 3.49. The number of methoxy groups -OCH3 is 1. The third-order valence-corrected chi connectivity index (χ3v) is 2.66. The molecule has 1 aromatic rings.